The van der Waals surface area contributed by atoms with Gasteiger partial charge >= 0.3 is 0 Å². The fraction of sp³-hybridized carbons (Fsp3) is 0.240. The van der Waals surface area contributed by atoms with E-state index in [1.54, 1.807) is 0 Å². The molecular weight excluding hydrogens is 344 g/mol. The van der Waals surface area contributed by atoms with E-state index in [4.69, 9.17) is 0 Å². The van der Waals surface area contributed by atoms with Gasteiger partial charge in [-0.3, -0.25) is 14.6 Å². The Morgan fingerprint density at radius 3 is 1.86 bits per heavy atom. The summed E-state index contributed by atoms with van der Waals surface area (Å²) in [6.45, 7) is 4.32. The van der Waals surface area contributed by atoms with Crippen molar-refractivity contribution >= 4 is 5.78 Å². The Morgan fingerprint density at radius 2 is 1.25 bits per heavy atom. The van der Waals surface area contributed by atoms with E-state index in [2.05, 4.69) is 58.3 Å². The van der Waals surface area contributed by atoms with Gasteiger partial charge in [0, 0.05) is 38.3 Å². The fourth-order valence-corrected chi connectivity index (χ4v) is 3.91. The van der Waals surface area contributed by atoms with Crippen LogP contribution in [-0.2, 0) is 13.1 Å². The quantitative estimate of drug-likeness (QED) is 0.606. The number of carbonyl (C=O) groups excluding carboxylic acids is 1. The van der Waals surface area contributed by atoms with Crippen molar-refractivity contribution in [1.82, 2.24) is 9.80 Å². The number of rotatable bonds is 6. The molecule has 3 heteroatoms. The predicted molar refractivity (Wildman–Crippen MR) is 113 cm³/mol. The van der Waals surface area contributed by atoms with Crippen LogP contribution >= 0.6 is 0 Å². The SMILES string of the molecule is O=C(c1ccccc1)C1CN(Cc2ccccc2)CCN1Cc1ccccc1. The molecule has 142 valence electrons. The van der Waals surface area contributed by atoms with Crippen molar-refractivity contribution in [3.8, 4) is 0 Å². The van der Waals surface area contributed by atoms with E-state index in [-0.39, 0.29) is 11.8 Å². The van der Waals surface area contributed by atoms with E-state index in [0.717, 1.165) is 38.3 Å². The summed E-state index contributed by atoms with van der Waals surface area (Å²) in [7, 11) is 0. The molecule has 1 fully saturated rings. The minimum atomic E-state index is -0.125. The maximum Gasteiger partial charge on any atom is 0.181 e. The normalized spacial score (nSPS) is 18.1. The third-order valence-corrected chi connectivity index (χ3v) is 5.41. The molecule has 0 spiro atoms. The minimum Gasteiger partial charge on any atom is -0.296 e. The van der Waals surface area contributed by atoms with Crippen molar-refractivity contribution in [2.75, 3.05) is 19.6 Å². The van der Waals surface area contributed by atoms with E-state index >= 15 is 0 Å². The Balaban J connectivity index is 1.53. The highest BCUT2D eigenvalue weighted by molar-refractivity contribution is 6.00. The van der Waals surface area contributed by atoms with Gasteiger partial charge in [0.1, 0.15) is 0 Å². The molecule has 0 bridgehead atoms. The highest BCUT2D eigenvalue weighted by atomic mass is 16.1. The van der Waals surface area contributed by atoms with Crippen molar-refractivity contribution < 1.29 is 4.79 Å². The summed E-state index contributed by atoms with van der Waals surface area (Å²) in [6, 6.07) is 30.5. The second kappa shape index (κ2) is 8.96. The van der Waals surface area contributed by atoms with Gasteiger partial charge in [0.15, 0.2) is 5.78 Å². The van der Waals surface area contributed by atoms with Crippen LogP contribution in [0.5, 0.6) is 0 Å². The first kappa shape index (κ1) is 18.6. The van der Waals surface area contributed by atoms with Crippen LogP contribution in [0.1, 0.15) is 21.5 Å². The maximum absolute atomic E-state index is 13.3. The summed E-state index contributed by atoms with van der Waals surface area (Å²) in [5, 5.41) is 0. The van der Waals surface area contributed by atoms with Crippen molar-refractivity contribution in [3.63, 3.8) is 0 Å². The smallest absolute Gasteiger partial charge is 0.181 e. The van der Waals surface area contributed by atoms with Gasteiger partial charge in [-0.2, -0.15) is 0 Å². The summed E-state index contributed by atoms with van der Waals surface area (Å²) in [5.41, 5.74) is 3.35. The van der Waals surface area contributed by atoms with Gasteiger partial charge in [0.25, 0.3) is 0 Å². The lowest BCUT2D eigenvalue weighted by atomic mass is 9.99. The Kier molecular flexibility index (Phi) is 5.95. The Hall–Kier alpha value is -2.75. The molecule has 1 aliphatic rings. The first-order valence-electron chi connectivity index (χ1n) is 9.93. The number of Topliss-reactive ketones (excluding diaryl/α,β-unsaturated/α-hetero) is 1. The molecule has 0 radical (unpaired) electrons. The molecule has 0 N–H and O–H groups in total. The average molecular weight is 370 g/mol. The molecular formula is C25H26N2O. The van der Waals surface area contributed by atoms with Gasteiger partial charge < -0.3 is 0 Å². The van der Waals surface area contributed by atoms with Gasteiger partial charge in [0.2, 0.25) is 0 Å². The van der Waals surface area contributed by atoms with Crippen molar-refractivity contribution in [1.29, 1.82) is 0 Å². The maximum atomic E-state index is 13.3. The second-order valence-corrected chi connectivity index (χ2v) is 7.42. The highest BCUT2D eigenvalue weighted by Gasteiger charge is 2.32. The van der Waals surface area contributed by atoms with Crippen LogP contribution in [0.2, 0.25) is 0 Å². The van der Waals surface area contributed by atoms with Crippen molar-refractivity contribution in [3.05, 3.63) is 108 Å². The van der Waals surface area contributed by atoms with Crippen molar-refractivity contribution in [2.45, 2.75) is 19.1 Å². The Bertz CT molecular complexity index is 880. The molecule has 1 atom stereocenters. The third kappa shape index (κ3) is 4.56. The number of hydrogen-bond acceptors (Lipinski definition) is 3. The number of benzene rings is 3. The molecule has 1 aliphatic heterocycles. The highest BCUT2D eigenvalue weighted by Crippen LogP contribution is 2.20. The van der Waals surface area contributed by atoms with Crippen LogP contribution in [0.3, 0.4) is 0 Å². The Morgan fingerprint density at radius 1 is 0.714 bits per heavy atom. The van der Waals surface area contributed by atoms with Gasteiger partial charge in [-0.25, -0.2) is 0 Å². The molecule has 3 aromatic rings. The molecule has 0 aromatic heterocycles. The monoisotopic (exact) mass is 370 g/mol. The first-order chi connectivity index (χ1) is 13.8. The van der Waals surface area contributed by atoms with Crippen LogP contribution in [0.15, 0.2) is 91.0 Å². The zero-order valence-corrected chi connectivity index (χ0v) is 16.1. The number of carbonyl (C=O) groups is 1. The van der Waals surface area contributed by atoms with Gasteiger partial charge in [-0.15, -0.1) is 0 Å². The second-order valence-electron chi connectivity index (χ2n) is 7.42. The van der Waals surface area contributed by atoms with Gasteiger partial charge in [0.05, 0.1) is 6.04 Å². The fourth-order valence-electron chi connectivity index (χ4n) is 3.91. The van der Waals surface area contributed by atoms with E-state index < -0.39 is 0 Å². The van der Waals surface area contributed by atoms with Crippen LogP contribution in [0, 0.1) is 0 Å². The van der Waals surface area contributed by atoms with E-state index in [0.29, 0.717) is 0 Å². The zero-order valence-electron chi connectivity index (χ0n) is 16.1. The minimum absolute atomic E-state index is 0.125. The lowest BCUT2D eigenvalue weighted by molar-refractivity contribution is 0.0492. The molecule has 3 nitrogen and oxygen atoms in total. The molecule has 1 heterocycles. The van der Waals surface area contributed by atoms with Gasteiger partial charge in [-0.1, -0.05) is 91.0 Å². The van der Waals surface area contributed by atoms with Crippen LogP contribution < -0.4 is 0 Å². The number of piperazine rings is 1. The summed E-state index contributed by atoms with van der Waals surface area (Å²) in [6.07, 6.45) is 0. The molecule has 1 unspecified atom stereocenters. The first-order valence-corrected chi connectivity index (χ1v) is 9.93. The molecule has 0 aliphatic carbocycles. The van der Waals surface area contributed by atoms with E-state index in [9.17, 15) is 4.79 Å². The molecule has 4 rings (SSSR count). The van der Waals surface area contributed by atoms with E-state index in [1.165, 1.54) is 11.1 Å². The summed E-state index contributed by atoms with van der Waals surface area (Å²) in [4.78, 5) is 18.1. The standard InChI is InChI=1S/C25H26N2O/c28-25(23-14-8-3-9-15-23)24-20-26(18-21-10-4-1-5-11-21)16-17-27(24)19-22-12-6-2-7-13-22/h1-15,24H,16-20H2. The van der Waals surface area contributed by atoms with Crippen LogP contribution in [0.25, 0.3) is 0 Å². The molecule has 0 amide bonds. The molecule has 3 aromatic carbocycles. The molecule has 0 saturated carbocycles. The number of hydrogen-bond donors (Lipinski definition) is 0. The van der Waals surface area contributed by atoms with Crippen LogP contribution in [-0.4, -0.2) is 41.3 Å². The number of ketones is 1. The third-order valence-electron chi connectivity index (χ3n) is 5.41. The summed E-state index contributed by atoms with van der Waals surface area (Å²) < 4.78 is 0. The average Bonchev–Trinajstić information content (AvgIpc) is 2.76. The van der Waals surface area contributed by atoms with Crippen molar-refractivity contribution in [2.24, 2.45) is 0 Å². The number of nitrogens with zero attached hydrogens (tertiary/aromatic N) is 2. The van der Waals surface area contributed by atoms with Gasteiger partial charge in [-0.05, 0) is 11.1 Å². The zero-order chi connectivity index (χ0) is 19.2. The summed E-state index contributed by atoms with van der Waals surface area (Å²) >= 11 is 0. The lowest BCUT2D eigenvalue weighted by Crippen LogP contribution is -2.55. The largest absolute Gasteiger partial charge is 0.296 e. The lowest BCUT2D eigenvalue weighted by Gasteiger charge is -2.40. The summed E-state index contributed by atoms with van der Waals surface area (Å²) in [5.74, 6) is 0.217. The predicted octanol–water partition coefficient (Wildman–Crippen LogP) is 4.26. The Labute approximate surface area is 167 Å². The van der Waals surface area contributed by atoms with Crippen LogP contribution in [0.4, 0.5) is 0 Å². The topological polar surface area (TPSA) is 23.6 Å². The molecule has 28 heavy (non-hydrogen) atoms. The molecule has 1 saturated heterocycles. The van der Waals surface area contributed by atoms with E-state index in [1.807, 2.05) is 42.5 Å².